The van der Waals surface area contributed by atoms with Crippen LogP contribution in [-0.4, -0.2) is 22.8 Å². The molecule has 2 rings (SSSR count). The summed E-state index contributed by atoms with van der Waals surface area (Å²) >= 11 is 0. The van der Waals surface area contributed by atoms with Gasteiger partial charge in [-0.05, 0) is 49.4 Å². The first kappa shape index (κ1) is 17.9. The van der Waals surface area contributed by atoms with Crippen LogP contribution in [0.3, 0.4) is 0 Å². The average Bonchev–Trinajstić information content (AvgIpc) is 2.49. The molecule has 0 saturated carbocycles. The molecule has 4 heteroatoms. The molecule has 0 atom stereocenters. The van der Waals surface area contributed by atoms with E-state index >= 15 is 0 Å². The molecule has 128 valence electrons. The van der Waals surface area contributed by atoms with E-state index in [-0.39, 0.29) is 6.61 Å². The molecular weight excluding hydrogens is 304 g/mol. The maximum atomic E-state index is 10.8. The standard InChI is InChI=1S/C20H24O4/c1-5-15-7-13(3)8-16(19(15)23)10-17-9-12(2)6-14(4)20(17)24-11-18(21)22/h6-9,23H,5,10-11H2,1-4H3,(H,21,22). The van der Waals surface area contributed by atoms with Gasteiger partial charge in [0.2, 0.25) is 0 Å². The maximum Gasteiger partial charge on any atom is 0.341 e. The Kier molecular flexibility index (Phi) is 5.50. The summed E-state index contributed by atoms with van der Waals surface area (Å²) in [5, 5.41) is 19.4. The van der Waals surface area contributed by atoms with Crippen LogP contribution < -0.4 is 4.74 Å². The highest BCUT2D eigenvalue weighted by Crippen LogP contribution is 2.32. The molecule has 0 aliphatic heterocycles. The van der Waals surface area contributed by atoms with Gasteiger partial charge in [-0.2, -0.15) is 0 Å². The van der Waals surface area contributed by atoms with E-state index in [1.165, 1.54) is 0 Å². The third kappa shape index (κ3) is 4.07. The van der Waals surface area contributed by atoms with Crippen molar-refractivity contribution in [3.05, 3.63) is 57.6 Å². The molecule has 0 amide bonds. The van der Waals surface area contributed by atoms with Gasteiger partial charge in [-0.1, -0.05) is 42.3 Å². The zero-order valence-corrected chi connectivity index (χ0v) is 14.6. The van der Waals surface area contributed by atoms with Crippen LogP contribution in [-0.2, 0) is 17.6 Å². The van der Waals surface area contributed by atoms with E-state index in [4.69, 9.17) is 9.84 Å². The van der Waals surface area contributed by atoms with Gasteiger partial charge in [0.25, 0.3) is 0 Å². The van der Waals surface area contributed by atoms with Crippen LogP contribution in [0.1, 0.15) is 40.3 Å². The fraction of sp³-hybridized carbons (Fsp3) is 0.350. The van der Waals surface area contributed by atoms with E-state index in [1.807, 2.05) is 52.0 Å². The predicted octanol–water partition coefficient (Wildman–Crippen LogP) is 3.93. The van der Waals surface area contributed by atoms with E-state index in [2.05, 4.69) is 0 Å². The summed E-state index contributed by atoms with van der Waals surface area (Å²) < 4.78 is 5.50. The molecule has 0 saturated heterocycles. The molecule has 0 bridgehead atoms. The number of aliphatic carboxylic acids is 1. The molecule has 0 aliphatic rings. The van der Waals surface area contributed by atoms with Crippen LogP contribution in [0.4, 0.5) is 0 Å². The zero-order valence-electron chi connectivity index (χ0n) is 14.6. The highest BCUT2D eigenvalue weighted by atomic mass is 16.5. The Labute approximate surface area is 142 Å². The Morgan fingerprint density at radius 1 is 1.00 bits per heavy atom. The van der Waals surface area contributed by atoms with Gasteiger partial charge in [-0.3, -0.25) is 0 Å². The Morgan fingerprint density at radius 2 is 1.58 bits per heavy atom. The molecule has 0 fully saturated rings. The number of carboxylic acid groups (broad SMARTS) is 1. The summed E-state index contributed by atoms with van der Waals surface area (Å²) in [4.78, 5) is 10.8. The molecule has 2 aromatic rings. The number of phenolic OH excluding ortho intramolecular Hbond substituents is 1. The van der Waals surface area contributed by atoms with Gasteiger partial charge in [-0.25, -0.2) is 4.79 Å². The Morgan fingerprint density at radius 3 is 2.21 bits per heavy atom. The highest BCUT2D eigenvalue weighted by Gasteiger charge is 2.14. The lowest BCUT2D eigenvalue weighted by Gasteiger charge is -2.16. The summed E-state index contributed by atoms with van der Waals surface area (Å²) in [6.45, 7) is 7.53. The first-order valence-electron chi connectivity index (χ1n) is 8.07. The quantitative estimate of drug-likeness (QED) is 0.843. The number of carboxylic acids is 1. The number of rotatable bonds is 6. The van der Waals surface area contributed by atoms with E-state index in [1.54, 1.807) is 0 Å². The van der Waals surface area contributed by atoms with Crippen LogP contribution in [0.15, 0.2) is 24.3 Å². The molecular formula is C20H24O4. The lowest BCUT2D eigenvalue weighted by Crippen LogP contribution is -2.12. The first-order chi connectivity index (χ1) is 11.3. The number of hydrogen-bond donors (Lipinski definition) is 2. The number of benzene rings is 2. The highest BCUT2D eigenvalue weighted by molar-refractivity contribution is 5.68. The third-order valence-corrected chi connectivity index (χ3v) is 4.01. The summed E-state index contributed by atoms with van der Waals surface area (Å²) in [5.41, 5.74) is 5.70. The third-order valence-electron chi connectivity index (χ3n) is 4.01. The van der Waals surface area contributed by atoms with Gasteiger partial charge in [0.1, 0.15) is 11.5 Å². The largest absolute Gasteiger partial charge is 0.507 e. The van der Waals surface area contributed by atoms with Crippen molar-refractivity contribution in [3.63, 3.8) is 0 Å². The van der Waals surface area contributed by atoms with E-state index in [0.29, 0.717) is 17.9 Å². The minimum atomic E-state index is -1.01. The molecule has 0 unspecified atom stereocenters. The Balaban J connectivity index is 2.45. The van der Waals surface area contributed by atoms with Crippen LogP contribution in [0.2, 0.25) is 0 Å². The van der Waals surface area contributed by atoms with Gasteiger partial charge in [-0.15, -0.1) is 0 Å². The zero-order chi connectivity index (χ0) is 17.9. The summed E-state index contributed by atoms with van der Waals surface area (Å²) in [6.07, 6.45) is 1.26. The van der Waals surface area contributed by atoms with Crippen molar-refractivity contribution >= 4 is 5.97 Å². The molecule has 0 aromatic heterocycles. The monoisotopic (exact) mass is 328 g/mol. The molecule has 2 N–H and O–H groups in total. The van der Waals surface area contributed by atoms with Gasteiger partial charge in [0.15, 0.2) is 6.61 Å². The second-order valence-electron chi connectivity index (χ2n) is 6.21. The molecule has 0 radical (unpaired) electrons. The van der Waals surface area contributed by atoms with Crippen molar-refractivity contribution in [3.8, 4) is 11.5 Å². The number of hydrogen-bond acceptors (Lipinski definition) is 3. The van der Waals surface area contributed by atoms with E-state index in [0.717, 1.165) is 39.8 Å². The minimum Gasteiger partial charge on any atom is -0.507 e. The number of phenols is 1. The van der Waals surface area contributed by atoms with Crippen LogP contribution in [0.5, 0.6) is 11.5 Å². The lowest BCUT2D eigenvalue weighted by molar-refractivity contribution is -0.139. The summed E-state index contributed by atoms with van der Waals surface area (Å²) in [5.74, 6) is -0.110. The lowest BCUT2D eigenvalue weighted by atomic mass is 9.95. The molecule has 0 spiro atoms. The molecule has 0 heterocycles. The van der Waals surface area contributed by atoms with Crippen molar-refractivity contribution in [2.24, 2.45) is 0 Å². The number of ether oxygens (including phenoxy) is 1. The fourth-order valence-corrected chi connectivity index (χ4v) is 3.06. The van der Waals surface area contributed by atoms with Gasteiger partial charge in [0, 0.05) is 6.42 Å². The molecule has 4 nitrogen and oxygen atoms in total. The topological polar surface area (TPSA) is 66.8 Å². The van der Waals surface area contributed by atoms with E-state index in [9.17, 15) is 9.90 Å². The normalized spacial score (nSPS) is 10.7. The van der Waals surface area contributed by atoms with Crippen molar-refractivity contribution in [2.75, 3.05) is 6.61 Å². The van der Waals surface area contributed by atoms with Gasteiger partial charge in [0.05, 0.1) is 0 Å². The summed E-state index contributed by atoms with van der Waals surface area (Å²) in [7, 11) is 0. The molecule has 0 aliphatic carbocycles. The van der Waals surface area contributed by atoms with Crippen molar-refractivity contribution < 1.29 is 19.7 Å². The Hall–Kier alpha value is -2.49. The predicted molar refractivity (Wildman–Crippen MR) is 94.1 cm³/mol. The van der Waals surface area contributed by atoms with Crippen LogP contribution in [0, 0.1) is 20.8 Å². The van der Waals surface area contributed by atoms with E-state index < -0.39 is 5.97 Å². The summed E-state index contributed by atoms with van der Waals surface area (Å²) in [6, 6.07) is 7.90. The second kappa shape index (κ2) is 7.39. The molecule has 24 heavy (non-hydrogen) atoms. The second-order valence-corrected chi connectivity index (χ2v) is 6.21. The maximum absolute atomic E-state index is 10.8. The van der Waals surface area contributed by atoms with Crippen molar-refractivity contribution in [1.82, 2.24) is 0 Å². The number of aromatic hydroxyl groups is 1. The minimum absolute atomic E-state index is 0.312. The van der Waals surface area contributed by atoms with Crippen molar-refractivity contribution in [2.45, 2.75) is 40.5 Å². The fourth-order valence-electron chi connectivity index (χ4n) is 3.06. The number of aryl methyl sites for hydroxylation is 4. The van der Waals surface area contributed by atoms with Crippen LogP contribution >= 0.6 is 0 Å². The van der Waals surface area contributed by atoms with Crippen molar-refractivity contribution in [1.29, 1.82) is 0 Å². The smallest absolute Gasteiger partial charge is 0.341 e. The van der Waals surface area contributed by atoms with Gasteiger partial charge < -0.3 is 14.9 Å². The molecule has 2 aromatic carbocycles. The average molecular weight is 328 g/mol. The van der Waals surface area contributed by atoms with Gasteiger partial charge >= 0.3 is 5.97 Å². The SMILES string of the molecule is CCc1cc(C)cc(Cc2cc(C)cc(C)c2OCC(=O)O)c1O. The first-order valence-corrected chi connectivity index (χ1v) is 8.07. The Bertz CT molecular complexity index is 763. The van der Waals surface area contributed by atoms with Crippen LogP contribution in [0.25, 0.3) is 0 Å². The number of carbonyl (C=O) groups is 1.